The number of halogens is 1. The number of nitrogens with zero attached hydrogens (tertiary/aromatic N) is 1. The zero-order valence-corrected chi connectivity index (χ0v) is 14.1. The highest BCUT2D eigenvalue weighted by atomic mass is 35.5. The predicted octanol–water partition coefficient (Wildman–Crippen LogP) is 5.28. The monoisotopic (exact) mass is 342 g/mol. The van der Waals surface area contributed by atoms with Crippen LogP contribution in [0.4, 0.5) is 5.13 Å². The average Bonchev–Trinajstić information content (AvgIpc) is 2.98. The molecule has 0 saturated carbocycles. The largest absolute Gasteiger partial charge is 0.298 e. The molecule has 116 valence electrons. The van der Waals surface area contributed by atoms with E-state index < -0.39 is 0 Å². The van der Waals surface area contributed by atoms with Crippen molar-refractivity contribution < 1.29 is 4.79 Å². The Kier molecular flexibility index (Phi) is 4.74. The maximum Gasteiger partial charge on any atom is 0.257 e. The van der Waals surface area contributed by atoms with Crippen molar-refractivity contribution in [3.05, 3.63) is 70.1 Å². The normalized spacial score (nSPS) is 10.5. The van der Waals surface area contributed by atoms with Crippen LogP contribution in [0.25, 0.3) is 11.3 Å². The molecule has 1 heterocycles. The molecular weight excluding hydrogens is 328 g/mol. The number of thiazole rings is 1. The first-order valence-corrected chi connectivity index (χ1v) is 8.49. The number of benzene rings is 2. The van der Waals surface area contributed by atoms with Gasteiger partial charge in [0.2, 0.25) is 0 Å². The van der Waals surface area contributed by atoms with E-state index in [2.05, 4.69) is 17.2 Å². The van der Waals surface area contributed by atoms with Crippen LogP contribution in [0.3, 0.4) is 0 Å². The van der Waals surface area contributed by atoms with Crippen molar-refractivity contribution in [2.45, 2.75) is 13.3 Å². The first-order chi connectivity index (χ1) is 11.2. The van der Waals surface area contributed by atoms with Gasteiger partial charge in [-0.25, -0.2) is 4.98 Å². The van der Waals surface area contributed by atoms with Gasteiger partial charge in [0.1, 0.15) is 0 Å². The quantitative estimate of drug-likeness (QED) is 0.701. The summed E-state index contributed by atoms with van der Waals surface area (Å²) in [5.74, 6) is -0.205. The summed E-state index contributed by atoms with van der Waals surface area (Å²) < 4.78 is 0. The van der Waals surface area contributed by atoms with E-state index in [1.807, 2.05) is 30.3 Å². The number of hydrogen-bond acceptors (Lipinski definition) is 3. The van der Waals surface area contributed by atoms with E-state index in [0.29, 0.717) is 15.7 Å². The number of aromatic nitrogens is 1. The van der Waals surface area contributed by atoms with Gasteiger partial charge in [-0.2, -0.15) is 0 Å². The minimum atomic E-state index is -0.205. The third kappa shape index (κ3) is 3.60. The van der Waals surface area contributed by atoms with Crippen LogP contribution >= 0.6 is 22.9 Å². The Bertz CT molecular complexity index is 830. The summed E-state index contributed by atoms with van der Waals surface area (Å²) in [5.41, 5.74) is 2.51. The van der Waals surface area contributed by atoms with Crippen LogP contribution in [0.2, 0.25) is 5.02 Å². The second kappa shape index (κ2) is 6.94. The Labute approximate surface area is 144 Å². The number of carbonyl (C=O) groups excluding carboxylic acids is 1. The van der Waals surface area contributed by atoms with Crippen molar-refractivity contribution in [1.82, 2.24) is 4.98 Å². The zero-order chi connectivity index (χ0) is 16.2. The van der Waals surface area contributed by atoms with E-state index in [1.165, 1.54) is 11.3 Å². The second-order valence-electron chi connectivity index (χ2n) is 4.97. The highest BCUT2D eigenvalue weighted by Gasteiger charge is 2.14. The summed E-state index contributed by atoms with van der Waals surface area (Å²) in [5, 5.41) is 4.00. The molecule has 1 amide bonds. The summed E-state index contributed by atoms with van der Waals surface area (Å²) in [4.78, 5) is 18.1. The maximum atomic E-state index is 12.3. The molecule has 0 atom stereocenters. The molecule has 0 aliphatic rings. The summed E-state index contributed by atoms with van der Waals surface area (Å²) in [6.07, 6.45) is 0.870. The van der Waals surface area contributed by atoms with Gasteiger partial charge in [0.15, 0.2) is 5.13 Å². The van der Waals surface area contributed by atoms with Gasteiger partial charge in [-0.3, -0.25) is 10.1 Å². The fraction of sp³-hybridized carbons (Fsp3) is 0.111. The smallest absolute Gasteiger partial charge is 0.257 e. The van der Waals surface area contributed by atoms with Gasteiger partial charge in [0.05, 0.1) is 5.69 Å². The lowest BCUT2D eigenvalue weighted by molar-refractivity contribution is 0.102. The number of amides is 1. The van der Waals surface area contributed by atoms with Crippen molar-refractivity contribution in [2.75, 3.05) is 5.32 Å². The standard InChI is InChI=1S/C18H15ClN2OS/c1-2-15-16(12-7-4-3-5-8-12)20-18(23-15)21-17(22)13-9-6-10-14(19)11-13/h3-11H,2H2,1H3,(H,20,21,22). The molecule has 2 aromatic carbocycles. The average molecular weight is 343 g/mol. The summed E-state index contributed by atoms with van der Waals surface area (Å²) in [6, 6.07) is 16.9. The second-order valence-corrected chi connectivity index (χ2v) is 6.49. The number of anilines is 1. The molecule has 0 radical (unpaired) electrons. The van der Waals surface area contributed by atoms with E-state index in [9.17, 15) is 4.79 Å². The summed E-state index contributed by atoms with van der Waals surface area (Å²) in [7, 11) is 0. The van der Waals surface area contributed by atoms with Crippen LogP contribution in [0.15, 0.2) is 54.6 Å². The lowest BCUT2D eigenvalue weighted by Crippen LogP contribution is -2.11. The van der Waals surface area contributed by atoms with E-state index in [1.54, 1.807) is 24.3 Å². The van der Waals surface area contributed by atoms with Gasteiger partial charge < -0.3 is 0 Å². The van der Waals surface area contributed by atoms with Crippen molar-refractivity contribution >= 4 is 34.0 Å². The van der Waals surface area contributed by atoms with Crippen molar-refractivity contribution in [3.8, 4) is 11.3 Å². The molecular formula is C18H15ClN2OS. The molecule has 0 fully saturated rings. The van der Waals surface area contributed by atoms with Gasteiger partial charge in [0, 0.05) is 21.0 Å². The molecule has 3 rings (SSSR count). The van der Waals surface area contributed by atoms with Crippen LogP contribution in [0.5, 0.6) is 0 Å². The van der Waals surface area contributed by atoms with Gasteiger partial charge in [-0.1, -0.05) is 54.9 Å². The molecule has 0 spiro atoms. The number of aryl methyl sites for hydroxylation is 1. The molecule has 23 heavy (non-hydrogen) atoms. The molecule has 3 aromatic rings. The lowest BCUT2D eigenvalue weighted by Gasteiger charge is -2.01. The van der Waals surface area contributed by atoms with Crippen molar-refractivity contribution in [1.29, 1.82) is 0 Å². The molecule has 3 nitrogen and oxygen atoms in total. The molecule has 1 aromatic heterocycles. The first-order valence-electron chi connectivity index (χ1n) is 7.29. The molecule has 5 heteroatoms. The maximum absolute atomic E-state index is 12.3. The Morgan fingerprint density at radius 3 is 2.65 bits per heavy atom. The molecule has 0 aliphatic heterocycles. The number of hydrogen-bond donors (Lipinski definition) is 1. The Morgan fingerprint density at radius 2 is 1.96 bits per heavy atom. The van der Waals surface area contributed by atoms with Crippen LogP contribution in [-0.2, 0) is 6.42 Å². The number of nitrogens with one attached hydrogen (secondary N) is 1. The Morgan fingerprint density at radius 1 is 1.17 bits per heavy atom. The fourth-order valence-corrected chi connectivity index (χ4v) is 3.37. The van der Waals surface area contributed by atoms with Crippen molar-refractivity contribution in [2.24, 2.45) is 0 Å². The van der Waals surface area contributed by atoms with Gasteiger partial charge in [-0.15, -0.1) is 11.3 Å². The minimum absolute atomic E-state index is 0.205. The fourth-order valence-electron chi connectivity index (χ4n) is 2.27. The van der Waals surface area contributed by atoms with E-state index in [0.717, 1.165) is 22.6 Å². The van der Waals surface area contributed by atoms with Crippen LogP contribution in [0.1, 0.15) is 22.2 Å². The van der Waals surface area contributed by atoms with Crippen molar-refractivity contribution in [3.63, 3.8) is 0 Å². The zero-order valence-electron chi connectivity index (χ0n) is 12.5. The molecule has 0 aliphatic carbocycles. The van der Waals surface area contributed by atoms with Gasteiger partial charge in [0.25, 0.3) is 5.91 Å². The third-order valence-corrected chi connectivity index (χ3v) is 4.72. The Hall–Kier alpha value is -2.17. The number of carbonyl (C=O) groups is 1. The predicted molar refractivity (Wildman–Crippen MR) is 96.3 cm³/mol. The highest BCUT2D eigenvalue weighted by molar-refractivity contribution is 7.16. The van der Waals surface area contributed by atoms with Gasteiger partial charge >= 0.3 is 0 Å². The van der Waals surface area contributed by atoms with Gasteiger partial charge in [-0.05, 0) is 24.6 Å². The highest BCUT2D eigenvalue weighted by Crippen LogP contribution is 2.31. The SMILES string of the molecule is CCc1sc(NC(=O)c2cccc(Cl)c2)nc1-c1ccccc1. The Balaban J connectivity index is 1.87. The third-order valence-electron chi connectivity index (χ3n) is 3.37. The number of rotatable bonds is 4. The van der Waals surface area contributed by atoms with E-state index in [-0.39, 0.29) is 5.91 Å². The van der Waals surface area contributed by atoms with Crippen LogP contribution < -0.4 is 5.32 Å². The van der Waals surface area contributed by atoms with E-state index >= 15 is 0 Å². The summed E-state index contributed by atoms with van der Waals surface area (Å²) >= 11 is 7.44. The van der Waals surface area contributed by atoms with Crippen LogP contribution in [0, 0.1) is 0 Å². The van der Waals surface area contributed by atoms with Crippen LogP contribution in [-0.4, -0.2) is 10.9 Å². The molecule has 0 saturated heterocycles. The minimum Gasteiger partial charge on any atom is -0.298 e. The first kappa shape index (κ1) is 15.7. The van der Waals surface area contributed by atoms with E-state index in [4.69, 9.17) is 11.6 Å². The molecule has 0 unspecified atom stereocenters. The topological polar surface area (TPSA) is 42.0 Å². The lowest BCUT2D eigenvalue weighted by atomic mass is 10.1. The summed E-state index contributed by atoms with van der Waals surface area (Å²) in [6.45, 7) is 2.09. The molecule has 0 bridgehead atoms. The molecule has 1 N–H and O–H groups in total.